The minimum Gasteiger partial charge on any atom is -0.354 e. The molecule has 122 valence electrons. The average molecular weight is 314 g/mol. The number of carbonyl (C=O) groups is 1. The van der Waals surface area contributed by atoms with Crippen LogP contribution in [0.4, 0.5) is 5.82 Å². The smallest absolute Gasteiger partial charge is 0.223 e. The number of nitrogens with one attached hydrogen (secondary N) is 1. The van der Waals surface area contributed by atoms with Crippen LogP contribution in [0.5, 0.6) is 0 Å². The lowest BCUT2D eigenvalue weighted by Crippen LogP contribution is -2.40. The first-order chi connectivity index (χ1) is 11.1. The predicted molar refractivity (Wildman–Crippen MR) is 88.0 cm³/mol. The number of fused-ring (bicyclic) bond motifs is 1. The second-order valence-electron chi connectivity index (χ2n) is 6.74. The van der Waals surface area contributed by atoms with Crippen LogP contribution in [0.25, 0.3) is 11.0 Å². The molecule has 7 nitrogen and oxygen atoms in total. The highest BCUT2D eigenvalue weighted by molar-refractivity contribution is 5.87. The number of likely N-dealkylation sites (tertiary alicyclic amines) is 1. The molecule has 1 saturated heterocycles. The summed E-state index contributed by atoms with van der Waals surface area (Å²) in [5, 5.41) is 1.03. The molecule has 1 aliphatic carbocycles. The highest BCUT2D eigenvalue weighted by atomic mass is 16.2. The van der Waals surface area contributed by atoms with Gasteiger partial charge in [0.1, 0.15) is 17.8 Å². The third-order valence-electron chi connectivity index (χ3n) is 5.34. The standard InChI is InChI=1S/C16H22N6O/c1-21(15-11-3-7-18-14(11)19-10-20-15)12-8-22(13(23)2-6-17)9-16(12)4-5-16/h3,7,10,12H,2,4-6,8-9,17H2,1H3,(H,18,19,20). The molecule has 1 aliphatic heterocycles. The first kappa shape index (κ1) is 14.4. The van der Waals surface area contributed by atoms with Crippen LogP contribution >= 0.6 is 0 Å². The first-order valence-electron chi connectivity index (χ1n) is 8.13. The molecule has 1 atom stereocenters. The van der Waals surface area contributed by atoms with Gasteiger partial charge in [-0.3, -0.25) is 4.79 Å². The van der Waals surface area contributed by atoms with Crippen molar-refractivity contribution in [3.05, 3.63) is 18.6 Å². The van der Waals surface area contributed by atoms with Crippen molar-refractivity contribution < 1.29 is 4.79 Å². The fraction of sp³-hybridized carbons (Fsp3) is 0.562. The quantitative estimate of drug-likeness (QED) is 0.868. The van der Waals surface area contributed by atoms with Gasteiger partial charge < -0.3 is 20.5 Å². The minimum atomic E-state index is 0.171. The van der Waals surface area contributed by atoms with Crippen LogP contribution in [0, 0.1) is 5.41 Å². The van der Waals surface area contributed by atoms with E-state index in [0.717, 1.165) is 29.9 Å². The molecule has 2 aliphatic rings. The van der Waals surface area contributed by atoms with Crippen LogP contribution in [-0.4, -0.2) is 58.5 Å². The predicted octanol–water partition coefficient (Wildman–Crippen LogP) is 0.734. The van der Waals surface area contributed by atoms with Gasteiger partial charge in [0.15, 0.2) is 0 Å². The van der Waals surface area contributed by atoms with Crippen molar-refractivity contribution >= 4 is 22.8 Å². The molecular formula is C16H22N6O. The Labute approximate surface area is 134 Å². The largest absolute Gasteiger partial charge is 0.354 e. The molecule has 4 rings (SSSR count). The molecule has 3 N–H and O–H groups in total. The molecular weight excluding hydrogens is 292 g/mol. The molecule has 2 aromatic rings. The lowest BCUT2D eigenvalue weighted by atomic mass is 9.99. The summed E-state index contributed by atoms with van der Waals surface area (Å²) in [6.07, 6.45) is 6.26. The second kappa shape index (κ2) is 5.19. The van der Waals surface area contributed by atoms with E-state index in [1.54, 1.807) is 6.33 Å². The maximum Gasteiger partial charge on any atom is 0.223 e. The van der Waals surface area contributed by atoms with Crippen LogP contribution in [0.2, 0.25) is 0 Å². The number of aromatic nitrogens is 3. The van der Waals surface area contributed by atoms with Gasteiger partial charge in [-0.2, -0.15) is 0 Å². The number of aromatic amines is 1. The monoisotopic (exact) mass is 314 g/mol. The zero-order chi connectivity index (χ0) is 16.0. The number of nitrogens with zero attached hydrogens (tertiary/aromatic N) is 4. The van der Waals surface area contributed by atoms with Crippen molar-refractivity contribution in [2.45, 2.75) is 25.3 Å². The van der Waals surface area contributed by atoms with Crippen LogP contribution in [-0.2, 0) is 4.79 Å². The van der Waals surface area contributed by atoms with E-state index in [0.29, 0.717) is 19.0 Å². The van der Waals surface area contributed by atoms with Crippen molar-refractivity contribution in [3.63, 3.8) is 0 Å². The molecule has 1 unspecified atom stereocenters. The Bertz CT molecular complexity index is 737. The Balaban J connectivity index is 1.62. The Morgan fingerprint density at radius 2 is 2.35 bits per heavy atom. The number of hydrogen-bond acceptors (Lipinski definition) is 5. The SMILES string of the molecule is CN(c1ncnc2[nH]ccc12)C1CN(C(=O)CCN)CC12CC2. The van der Waals surface area contributed by atoms with Crippen molar-refractivity contribution in [3.8, 4) is 0 Å². The number of rotatable bonds is 4. The van der Waals surface area contributed by atoms with Crippen LogP contribution in [0.3, 0.4) is 0 Å². The van der Waals surface area contributed by atoms with Crippen molar-refractivity contribution in [2.75, 3.05) is 31.6 Å². The van der Waals surface area contributed by atoms with Gasteiger partial charge in [-0.25, -0.2) is 9.97 Å². The Morgan fingerprint density at radius 1 is 1.52 bits per heavy atom. The van der Waals surface area contributed by atoms with E-state index in [-0.39, 0.29) is 11.3 Å². The maximum atomic E-state index is 12.2. The van der Waals surface area contributed by atoms with E-state index in [1.165, 1.54) is 12.8 Å². The van der Waals surface area contributed by atoms with Crippen molar-refractivity contribution in [2.24, 2.45) is 11.1 Å². The van der Waals surface area contributed by atoms with Crippen LogP contribution in [0.15, 0.2) is 18.6 Å². The molecule has 7 heteroatoms. The maximum absolute atomic E-state index is 12.2. The van der Waals surface area contributed by atoms with Gasteiger partial charge in [-0.1, -0.05) is 0 Å². The van der Waals surface area contributed by atoms with E-state index in [4.69, 9.17) is 5.73 Å². The summed E-state index contributed by atoms with van der Waals surface area (Å²) < 4.78 is 0. The molecule has 1 saturated carbocycles. The third-order valence-corrected chi connectivity index (χ3v) is 5.34. The Hall–Kier alpha value is -2.15. The summed E-state index contributed by atoms with van der Waals surface area (Å²) in [4.78, 5) is 28.3. The average Bonchev–Trinajstić information content (AvgIpc) is 2.99. The van der Waals surface area contributed by atoms with Crippen molar-refractivity contribution in [1.82, 2.24) is 19.9 Å². The number of hydrogen-bond donors (Lipinski definition) is 2. The molecule has 3 heterocycles. The van der Waals surface area contributed by atoms with Gasteiger partial charge in [0.25, 0.3) is 0 Å². The van der Waals surface area contributed by atoms with Gasteiger partial charge in [0.2, 0.25) is 5.91 Å². The summed E-state index contributed by atoms with van der Waals surface area (Å²) >= 11 is 0. The molecule has 23 heavy (non-hydrogen) atoms. The Kier molecular flexibility index (Phi) is 3.26. The molecule has 0 radical (unpaired) electrons. The number of H-pyrrole nitrogens is 1. The number of nitrogens with two attached hydrogens (primary N) is 1. The minimum absolute atomic E-state index is 0.171. The molecule has 2 fully saturated rings. The second-order valence-corrected chi connectivity index (χ2v) is 6.74. The molecule has 2 aromatic heterocycles. The van der Waals surface area contributed by atoms with E-state index < -0.39 is 0 Å². The summed E-state index contributed by atoms with van der Waals surface area (Å²) in [6.45, 7) is 2.02. The summed E-state index contributed by atoms with van der Waals surface area (Å²) in [5.74, 6) is 1.10. The van der Waals surface area contributed by atoms with Gasteiger partial charge >= 0.3 is 0 Å². The van der Waals surface area contributed by atoms with Gasteiger partial charge in [0.05, 0.1) is 11.4 Å². The van der Waals surface area contributed by atoms with Gasteiger partial charge in [-0.15, -0.1) is 0 Å². The van der Waals surface area contributed by atoms with Crippen molar-refractivity contribution in [1.29, 1.82) is 0 Å². The number of anilines is 1. The highest BCUT2D eigenvalue weighted by Crippen LogP contribution is 2.55. The number of carbonyl (C=O) groups excluding carboxylic acids is 1. The normalized spacial score (nSPS) is 22.0. The molecule has 0 bridgehead atoms. The van der Waals surface area contributed by atoms with E-state index in [9.17, 15) is 4.79 Å². The number of amides is 1. The summed E-state index contributed by atoms with van der Waals surface area (Å²) in [7, 11) is 2.08. The van der Waals surface area contributed by atoms with E-state index in [2.05, 4.69) is 26.9 Å². The zero-order valence-electron chi connectivity index (χ0n) is 13.3. The van der Waals surface area contributed by atoms with E-state index >= 15 is 0 Å². The lowest BCUT2D eigenvalue weighted by Gasteiger charge is -2.30. The highest BCUT2D eigenvalue weighted by Gasteiger charge is 2.57. The van der Waals surface area contributed by atoms with Crippen LogP contribution in [0.1, 0.15) is 19.3 Å². The van der Waals surface area contributed by atoms with Gasteiger partial charge in [0, 0.05) is 44.7 Å². The topological polar surface area (TPSA) is 91.1 Å². The molecule has 1 spiro atoms. The molecule has 0 aromatic carbocycles. The fourth-order valence-corrected chi connectivity index (χ4v) is 3.90. The summed E-state index contributed by atoms with van der Waals surface area (Å²) in [6, 6.07) is 2.31. The number of likely N-dealkylation sites (N-methyl/N-ethyl adjacent to an activating group) is 1. The lowest BCUT2D eigenvalue weighted by molar-refractivity contribution is -0.130. The van der Waals surface area contributed by atoms with Crippen LogP contribution < -0.4 is 10.6 Å². The fourth-order valence-electron chi connectivity index (χ4n) is 3.90. The molecule has 1 amide bonds. The zero-order valence-corrected chi connectivity index (χ0v) is 13.3. The first-order valence-corrected chi connectivity index (χ1v) is 8.13. The summed E-state index contributed by atoms with van der Waals surface area (Å²) in [5.41, 5.74) is 6.61. The Morgan fingerprint density at radius 3 is 3.09 bits per heavy atom. The van der Waals surface area contributed by atoms with Gasteiger partial charge in [-0.05, 0) is 18.9 Å². The third kappa shape index (κ3) is 2.26. The van der Waals surface area contributed by atoms with E-state index in [1.807, 2.05) is 17.2 Å².